The lowest BCUT2D eigenvalue weighted by Crippen LogP contribution is -2.40. The number of amides is 1. The Labute approximate surface area is 150 Å². The zero-order chi connectivity index (χ0) is 18.8. The van der Waals surface area contributed by atoms with E-state index in [-0.39, 0.29) is 22.8 Å². The van der Waals surface area contributed by atoms with E-state index in [0.717, 1.165) is 19.3 Å². The zero-order valence-electron chi connectivity index (χ0n) is 15.4. The van der Waals surface area contributed by atoms with Crippen LogP contribution in [-0.2, 0) is 14.8 Å². The lowest BCUT2D eigenvalue weighted by Gasteiger charge is -2.21. The molecule has 0 bridgehead atoms. The van der Waals surface area contributed by atoms with Crippen LogP contribution >= 0.6 is 0 Å². The summed E-state index contributed by atoms with van der Waals surface area (Å²) >= 11 is 0. The maximum Gasteiger partial charge on any atom is 0.241 e. The summed E-state index contributed by atoms with van der Waals surface area (Å²) in [6.07, 6.45) is 3.36. The molecule has 1 aromatic carbocycles. The smallest absolute Gasteiger partial charge is 0.241 e. The minimum absolute atomic E-state index is 0.0793. The van der Waals surface area contributed by atoms with Crippen molar-refractivity contribution in [3.05, 3.63) is 23.8 Å². The summed E-state index contributed by atoms with van der Waals surface area (Å²) in [5.41, 5.74) is 6.55. The van der Waals surface area contributed by atoms with Crippen molar-refractivity contribution in [2.75, 3.05) is 5.32 Å². The van der Waals surface area contributed by atoms with Crippen LogP contribution < -0.4 is 15.8 Å². The maximum atomic E-state index is 12.6. The van der Waals surface area contributed by atoms with Crippen molar-refractivity contribution in [3.8, 4) is 0 Å². The minimum atomic E-state index is -3.66. The molecule has 0 spiro atoms. The molecule has 0 saturated heterocycles. The highest BCUT2D eigenvalue weighted by atomic mass is 32.2. The third-order valence-corrected chi connectivity index (χ3v) is 6.27. The molecule has 2 rings (SSSR count). The molecule has 0 aliphatic heterocycles. The molecular formula is C18H29N3O3S. The number of hydrogen-bond donors (Lipinski definition) is 3. The van der Waals surface area contributed by atoms with E-state index in [9.17, 15) is 13.2 Å². The van der Waals surface area contributed by atoms with Gasteiger partial charge in [-0.2, -0.15) is 0 Å². The zero-order valence-corrected chi connectivity index (χ0v) is 16.2. The Morgan fingerprint density at radius 1 is 1.28 bits per heavy atom. The van der Waals surface area contributed by atoms with E-state index in [0.29, 0.717) is 17.7 Å². The van der Waals surface area contributed by atoms with Crippen molar-refractivity contribution in [2.45, 2.75) is 69.9 Å². The molecule has 4 N–H and O–H groups in total. The van der Waals surface area contributed by atoms with Crippen LogP contribution in [0.4, 0.5) is 5.69 Å². The highest BCUT2D eigenvalue weighted by Gasteiger charge is 2.27. The number of carbonyl (C=O) groups is 1. The fourth-order valence-corrected chi connectivity index (χ4v) is 4.88. The summed E-state index contributed by atoms with van der Waals surface area (Å²) in [6.45, 7) is 7.10. The third-order valence-electron chi connectivity index (χ3n) is 4.37. The van der Waals surface area contributed by atoms with Gasteiger partial charge in [-0.3, -0.25) is 4.79 Å². The number of aryl methyl sites for hydroxylation is 1. The van der Waals surface area contributed by atoms with Gasteiger partial charge in [0.15, 0.2) is 0 Å². The SMILES string of the molecule is Cc1ccc(NC(=O)C[C@@H]2CCC[C@H]2N)cc1S(=O)(=O)NC(C)(C)C. The number of hydrogen-bond acceptors (Lipinski definition) is 4. The van der Waals surface area contributed by atoms with Crippen LogP contribution in [-0.4, -0.2) is 25.9 Å². The molecule has 1 fully saturated rings. The van der Waals surface area contributed by atoms with Gasteiger partial charge in [0.25, 0.3) is 0 Å². The standard InChI is InChI=1S/C18H29N3O3S/c1-12-8-9-14(11-16(12)25(23,24)21-18(2,3)4)20-17(22)10-13-6-5-7-15(13)19/h8-9,11,13,15,21H,5-7,10,19H2,1-4H3,(H,20,22)/t13-,15+/m0/s1. The van der Waals surface area contributed by atoms with Gasteiger partial charge in [-0.15, -0.1) is 0 Å². The largest absolute Gasteiger partial charge is 0.327 e. The van der Waals surface area contributed by atoms with Crippen LogP contribution in [0.5, 0.6) is 0 Å². The molecule has 1 aliphatic carbocycles. The van der Waals surface area contributed by atoms with Gasteiger partial charge in [-0.25, -0.2) is 13.1 Å². The second kappa shape index (κ2) is 7.43. The first kappa shape index (κ1) is 19.9. The molecular weight excluding hydrogens is 338 g/mol. The van der Waals surface area contributed by atoms with E-state index < -0.39 is 15.6 Å². The summed E-state index contributed by atoms with van der Waals surface area (Å²) in [6, 6.07) is 5.01. The summed E-state index contributed by atoms with van der Waals surface area (Å²) < 4.78 is 27.8. The monoisotopic (exact) mass is 367 g/mol. The fraction of sp³-hybridized carbons (Fsp3) is 0.611. The predicted molar refractivity (Wildman–Crippen MR) is 99.8 cm³/mol. The van der Waals surface area contributed by atoms with Gasteiger partial charge in [0.1, 0.15) is 0 Å². The Kier molecular flexibility index (Phi) is 5.91. The van der Waals surface area contributed by atoms with E-state index in [1.807, 2.05) is 0 Å². The lowest BCUT2D eigenvalue weighted by atomic mass is 10.00. The molecule has 1 saturated carbocycles. The van der Waals surface area contributed by atoms with Crippen LogP contribution in [0.2, 0.25) is 0 Å². The van der Waals surface area contributed by atoms with Crippen LogP contribution in [0.15, 0.2) is 23.1 Å². The summed E-state index contributed by atoms with van der Waals surface area (Å²) in [4.78, 5) is 12.4. The highest BCUT2D eigenvalue weighted by Crippen LogP contribution is 2.27. The van der Waals surface area contributed by atoms with E-state index in [4.69, 9.17) is 5.73 Å². The topological polar surface area (TPSA) is 101 Å². The number of sulfonamides is 1. The van der Waals surface area contributed by atoms with Crippen molar-refractivity contribution in [1.29, 1.82) is 0 Å². The van der Waals surface area contributed by atoms with Gasteiger partial charge in [0.2, 0.25) is 15.9 Å². The number of carbonyl (C=O) groups excluding carboxylic acids is 1. The summed E-state index contributed by atoms with van der Waals surface area (Å²) in [5.74, 6) is 0.0783. The van der Waals surface area contributed by atoms with E-state index in [1.54, 1.807) is 39.8 Å². The Bertz CT molecular complexity index is 738. The molecule has 0 heterocycles. The van der Waals surface area contributed by atoms with Crippen molar-refractivity contribution in [1.82, 2.24) is 4.72 Å². The van der Waals surface area contributed by atoms with E-state index in [1.165, 1.54) is 6.07 Å². The first-order chi connectivity index (χ1) is 11.5. The van der Waals surface area contributed by atoms with Gasteiger partial charge in [0, 0.05) is 23.7 Å². The normalized spacial score (nSPS) is 21.3. The Morgan fingerprint density at radius 2 is 1.96 bits per heavy atom. The number of nitrogens with two attached hydrogens (primary N) is 1. The van der Waals surface area contributed by atoms with Crippen molar-refractivity contribution < 1.29 is 13.2 Å². The molecule has 2 atom stereocenters. The molecule has 0 radical (unpaired) electrons. The van der Waals surface area contributed by atoms with Crippen molar-refractivity contribution in [3.63, 3.8) is 0 Å². The van der Waals surface area contributed by atoms with Crippen LogP contribution in [0.3, 0.4) is 0 Å². The minimum Gasteiger partial charge on any atom is -0.327 e. The molecule has 140 valence electrons. The van der Waals surface area contributed by atoms with Crippen molar-refractivity contribution in [2.24, 2.45) is 11.7 Å². The maximum absolute atomic E-state index is 12.6. The molecule has 0 unspecified atom stereocenters. The number of nitrogens with one attached hydrogen (secondary N) is 2. The van der Waals surface area contributed by atoms with E-state index in [2.05, 4.69) is 10.0 Å². The van der Waals surface area contributed by atoms with Crippen LogP contribution in [0.1, 0.15) is 52.0 Å². The first-order valence-electron chi connectivity index (χ1n) is 8.68. The van der Waals surface area contributed by atoms with Crippen LogP contribution in [0, 0.1) is 12.8 Å². The van der Waals surface area contributed by atoms with E-state index >= 15 is 0 Å². The second-order valence-corrected chi connectivity index (χ2v) is 9.59. The Balaban J connectivity index is 2.14. The molecule has 1 aliphatic rings. The number of rotatable bonds is 5. The Hall–Kier alpha value is -1.44. The van der Waals surface area contributed by atoms with Gasteiger partial charge < -0.3 is 11.1 Å². The quantitative estimate of drug-likeness (QED) is 0.744. The lowest BCUT2D eigenvalue weighted by molar-refractivity contribution is -0.117. The Morgan fingerprint density at radius 3 is 2.52 bits per heavy atom. The summed E-state index contributed by atoms with van der Waals surface area (Å²) in [7, 11) is -3.66. The molecule has 1 amide bonds. The average molecular weight is 368 g/mol. The van der Waals surface area contributed by atoms with Crippen LogP contribution in [0.25, 0.3) is 0 Å². The average Bonchev–Trinajstić information content (AvgIpc) is 2.83. The molecule has 0 aromatic heterocycles. The fourth-order valence-electron chi connectivity index (χ4n) is 3.19. The predicted octanol–water partition coefficient (Wildman–Crippen LogP) is 2.53. The molecule has 1 aromatic rings. The van der Waals surface area contributed by atoms with Crippen molar-refractivity contribution >= 4 is 21.6 Å². The number of benzene rings is 1. The molecule has 25 heavy (non-hydrogen) atoms. The third kappa shape index (κ3) is 5.52. The van der Waals surface area contributed by atoms with Gasteiger partial charge in [-0.1, -0.05) is 12.5 Å². The number of anilines is 1. The second-order valence-electron chi connectivity index (χ2n) is 7.94. The first-order valence-corrected chi connectivity index (χ1v) is 10.2. The molecule has 7 heteroatoms. The summed E-state index contributed by atoms with van der Waals surface area (Å²) in [5, 5.41) is 2.81. The highest BCUT2D eigenvalue weighted by molar-refractivity contribution is 7.89. The van der Waals surface area contributed by atoms with Gasteiger partial charge in [0.05, 0.1) is 4.90 Å². The molecule has 6 nitrogen and oxygen atoms in total. The van der Waals surface area contributed by atoms with Gasteiger partial charge in [-0.05, 0) is 64.2 Å². The van der Waals surface area contributed by atoms with Gasteiger partial charge >= 0.3 is 0 Å².